The van der Waals surface area contributed by atoms with Crippen molar-refractivity contribution in [3.63, 3.8) is 0 Å². The van der Waals surface area contributed by atoms with E-state index in [1.54, 1.807) is 12.1 Å². The molecule has 204 valence electrons. The molecule has 2 aromatic carbocycles. The van der Waals surface area contributed by atoms with Gasteiger partial charge >= 0.3 is 0 Å². The number of aryl methyl sites for hydroxylation is 1. The lowest BCUT2D eigenvalue weighted by molar-refractivity contribution is -0.132. The Morgan fingerprint density at radius 1 is 0.974 bits per heavy atom. The first kappa shape index (κ1) is 28.0. The van der Waals surface area contributed by atoms with Crippen LogP contribution >= 0.6 is 0 Å². The SMILES string of the molecule is CC(C)C[C@H](NC(=O)[C@@H]1CCCC[C@@H]1NC(=O)c1ccccc1F)C(=O)CN1CCCc2ccccc2C1. The summed E-state index contributed by atoms with van der Waals surface area (Å²) < 4.78 is 14.2. The van der Waals surface area contributed by atoms with Crippen LogP contribution in [-0.4, -0.2) is 47.7 Å². The molecular formula is C31H40FN3O3. The predicted molar refractivity (Wildman–Crippen MR) is 146 cm³/mol. The Morgan fingerprint density at radius 3 is 2.45 bits per heavy atom. The number of hydrogen-bond acceptors (Lipinski definition) is 4. The second kappa shape index (κ2) is 13.1. The molecule has 2 amide bonds. The van der Waals surface area contributed by atoms with E-state index in [1.165, 1.54) is 23.3 Å². The van der Waals surface area contributed by atoms with Gasteiger partial charge in [-0.05, 0) is 67.8 Å². The number of Topliss-reactive ketones (excluding diaryl/α,β-unsaturated/α-hetero) is 1. The Balaban J connectivity index is 1.41. The quantitative estimate of drug-likeness (QED) is 0.503. The molecule has 0 saturated heterocycles. The number of rotatable bonds is 9. The summed E-state index contributed by atoms with van der Waals surface area (Å²) in [5.41, 5.74) is 2.58. The zero-order chi connectivity index (χ0) is 27.1. The summed E-state index contributed by atoms with van der Waals surface area (Å²) in [4.78, 5) is 42.0. The predicted octanol–water partition coefficient (Wildman–Crippen LogP) is 4.66. The molecule has 7 heteroatoms. The van der Waals surface area contributed by atoms with Gasteiger partial charge in [0.1, 0.15) is 5.82 Å². The van der Waals surface area contributed by atoms with Crippen LogP contribution < -0.4 is 10.6 Å². The lowest BCUT2D eigenvalue weighted by atomic mass is 9.83. The van der Waals surface area contributed by atoms with Gasteiger partial charge in [-0.1, -0.05) is 63.1 Å². The first-order valence-electron chi connectivity index (χ1n) is 14.0. The minimum absolute atomic E-state index is 0.0224. The van der Waals surface area contributed by atoms with E-state index >= 15 is 0 Å². The molecule has 1 heterocycles. The number of fused-ring (bicyclic) bond motifs is 1. The Bertz CT molecular complexity index is 1130. The third-order valence-corrected chi connectivity index (χ3v) is 7.76. The highest BCUT2D eigenvalue weighted by Gasteiger charge is 2.35. The molecule has 1 aliphatic carbocycles. The number of nitrogens with zero attached hydrogens (tertiary/aromatic N) is 1. The molecule has 6 nitrogen and oxygen atoms in total. The summed E-state index contributed by atoms with van der Waals surface area (Å²) in [7, 11) is 0. The number of carbonyl (C=O) groups excluding carboxylic acids is 3. The third kappa shape index (κ3) is 7.28. The summed E-state index contributed by atoms with van der Waals surface area (Å²) in [5, 5.41) is 5.96. The van der Waals surface area contributed by atoms with Crippen LogP contribution in [0.15, 0.2) is 48.5 Å². The van der Waals surface area contributed by atoms with Gasteiger partial charge in [0.25, 0.3) is 5.91 Å². The molecule has 0 radical (unpaired) electrons. The molecule has 38 heavy (non-hydrogen) atoms. The molecule has 0 bridgehead atoms. The summed E-state index contributed by atoms with van der Waals surface area (Å²) in [6.45, 7) is 5.97. The Labute approximate surface area is 225 Å². The number of ketones is 1. The minimum Gasteiger partial charge on any atom is -0.348 e. The summed E-state index contributed by atoms with van der Waals surface area (Å²) >= 11 is 0. The van der Waals surface area contributed by atoms with E-state index < -0.39 is 29.7 Å². The zero-order valence-electron chi connectivity index (χ0n) is 22.5. The summed E-state index contributed by atoms with van der Waals surface area (Å²) in [6.07, 6.45) is 5.60. The van der Waals surface area contributed by atoms with Crippen LogP contribution in [0.2, 0.25) is 0 Å². The minimum atomic E-state index is -0.583. The molecule has 2 aromatic rings. The van der Waals surface area contributed by atoms with Gasteiger partial charge in [-0.15, -0.1) is 0 Å². The topological polar surface area (TPSA) is 78.5 Å². The van der Waals surface area contributed by atoms with Gasteiger partial charge in [0.05, 0.1) is 24.1 Å². The first-order valence-corrected chi connectivity index (χ1v) is 14.0. The summed E-state index contributed by atoms with van der Waals surface area (Å²) in [6, 6.07) is 13.3. The van der Waals surface area contributed by atoms with Crippen LogP contribution in [-0.2, 0) is 22.6 Å². The average molecular weight is 522 g/mol. The van der Waals surface area contributed by atoms with Crippen LogP contribution in [0.5, 0.6) is 0 Å². The molecule has 0 unspecified atom stereocenters. The smallest absolute Gasteiger partial charge is 0.254 e. The number of carbonyl (C=O) groups is 3. The van der Waals surface area contributed by atoms with E-state index in [4.69, 9.17) is 0 Å². The standard InChI is InChI=1S/C31H40FN3O3/c1-21(2)18-28(29(36)20-35-17-9-12-22-10-3-4-11-23(22)19-35)34-31(38)25-14-6-8-16-27(25)33-30(37)24-13-5-7-15-26(24)32/h3-5,7,10-11,13,15,21,25,27-28H,6,8-9,12,14,16-20H2,1-2H3,(H,33,37)(H,34,38)/t25-,27+,28+/m1/s1. The Kier molecular flexibility index (Phi) is 9.67. The van der Waals surface area contributed by atoms with Crippen molar-refractivity contribution in [1.29, 1.82) is 0 Å². The second-order valence-corrected chi connectivity index (χ2v) is 11.2. The number of hydrogen-bond donors (Lipinski definition) is 2. The Morgan fingerprint density at radius 2 is 1.68 bits per heavy atom. The number of amides is 2. The van der Waals surface area contributed by atoms with E-state index in [0.717, 1.165) is 38.8 Å². The molecule has 2 N–H and O–H groups in total. The van der Waals surface area contributed by atoms with Crippen molar-refractivity contribution in [1.82, 2.24) is 15.5 Å². The molecule has 3 atom stereocenters. The highest BCUT2D eigenvalue weighted by Crippen LogP contribution is 2.26. The van der Waals surface area contributed by atoms with Crippen LogP contribution in [0.25, 0.3) is 0 Å². The molecular weight excluding hydrogens is 481 g/mol. The third-order valence-electron chi connectivity index (χ3n) is 7.76. The lowest BCUT2D eigenvalue weighted by Gasteiger charge is -2.33. The number of benzene rings is 2. The van der Waals surface area contributed by atoms with E-state index in [-0.39, 0.29) is 23.2 Å². The Hall–Kier alpha value is -3.06. The fraction of sp³-hybridized carbons (Fsp3) is 0.516. The second-order valence-electron chi connectivity index (χ2n) is 11.2. The van der Waals surface area contributed by atoms with Gasteiger partial charge in [-0.3, -0.25) is 19.3 Å². The zero-order valence-corrected chi connectivity index (χ0v) is 22.5. The highest BCUT2D eigenvalue weighted by molar-refractivity contribution is 5.95. The highest BCUT2D eigenvalue weighted by atomic mass is 19.1. The van der Waals surface area contributed by atoms with E-state index in [9.17, 15) is 18.8 Å². The maximum atomic E-state index is 14.2. The van der Waals surface area contributed by atoms with Crippen molar-refractivity contribution < 1.29 is 18.8 Å². The van der Waals surface area contributed by atoms with Crippen molar-refractivity contribution in [3.05, 3.63) is 71.0 Å². The fourth-order valence-corrected chi connectivity index (χ4v) is 5.76. The van der Waals surface area contributed by atoms with Crippen molar-refractivity contribution in [2.45, 2.75) is 77.4 Å². The molecule has 2 aliphatic rings. The normalized spacial score (nSPS) is 20.7. The molecule has 0 aromatic heterocycles. The maximum Gasteiger partial charge on any atom is 0.254 e. The largest absolute Gasteiger partial charge is 0.348 e. The van der Waals surface area contributed by atoms with E-state index in [2.05, 4.69) is 33.7 Å². The van der Waals surface area contributed by atoms with Gasteiger partial charge in [0.2, 0.25) is 5.91 Å². The van der Waals surface area contributed by atoms with Crippen molar-refractivity contribution >= 4 is 17.6 Å². The van der Waals surface area contributed by atoms with Gasteiger partial charge in [0, 0.05) is 12.6 Å². The van der Waals surface area contributed by atoms with Gasteiger partial charge in [-0.25, -0.2) is 4.39 Å². The van der Waals surface area contributed by atoms with Crippen LogP contribution in [0, 0.1) is 17.7 Å². The van der Waals surface area contributed by atoms with Gasteiger partial charge < -0.3 is 10.6 Å². The maximum absolute atomic E-state index is 14.2. The number of halogens is 1. The van der Waals surface area contributed by atoms with Crippen LogP contribution in [0.3, 0.4) is 0 Å². The molecule has 4 rings (SSSR count). The summed E-state index contributed by atoms with van der Waals surface area (Å²) in [5.74, 6) is -1.49. The molecule has 0 spiro atoms. The molecule has 1 saturated carbocycles. The van der Waals surface area contributed by atoms with Crippen LogP contribution in [0.4, 0.5) is 4.39 Å². The van der Waals surface area contributed by atoms with E-state index in [0.29, 0.717) is 25.8 Å². The van der Waals surface area contributed by atoms with E-state index in [1.807, 2.05) is 19.9 Å². The van der Waals surface area contributed by atoms with Gasteiger partial charge in [-0.2, -0.15) is 0 Å². The lowest BCUT2D eigenvalue weighted by Crippen LogP contribution is -2.53. The van der Waals surface area contributed by atoms with Gasteiger partial charge in [0.15, 0.2) is 5.78 Å². The van der Waals surface area contributed by atoms with Crippen molar-refractivity contribution in [2.24, 2.45) is 11.8 Å². The number of nitrogens with one attached hydrogen (secondary N) is 2. The monoisotopic (exact) mass is 521 g/mol. The average Bonchev–Trinajstić information content (AvgIpc) is 3.10. The van der Waals surface area contributed by atoms with Crippen molar-refractivity contribution in [3.8, 4) is 0 Å². The molecule has 1 aliphatic heterocycles. The van der Waals surface area contributed by atoms with Crippen LogP contribution in [0.1, 0.15) is 73.9 Å². The fourth-order valence-electron chi connectivity index (χ4n) is 5.76. The molecule has 1 fully saturated rings. The first-order chi connectivity index (χ1) is 18.3. The van der Waals surface area contributed by atoms with Crippen molar-refractivity contribution in [2.75, 3.05) is 13.1 Å².